The van der Waals surface area contributed by atoms with Gasteiger partial charge in [0.15, 0.2) is 23.0 Å². The Balaban J connectivity index is 2.83. The number of primary amides is 4. The minimum Gasteiger partial charge on any atom is -0.451 e. The molecular weight excluding hydrogens is 562 g/mol. The van der Waals surface area contributed by atoms with Crippen molar-refractivity contribution in [3.63, 3.8) is 0 Å². The second-order valence-corrected chi connectivity index (χ2v) is 8.05. The molecule has 4 unspecified atom stereocenters. The molecule has 17 heteroatoms. The molecule has 4 atom stereocenters. The SMILES string of the molecule is CC(OC(N)=O)Oc1cccc(-c2ccc(C#N)c(OC(C)OC(N)=O)c2OC(C)OC(N)=O)c1OC(C)OC(N)=O. The topological polar surface area (TPSA) is 270 Å². The van der Waals surface area contributed by atoms with Crippen molar-refractivity contribution in [3.05, 3.63) is 35.9 Å². The molecule has 0 spiro atoms. The summed E-state index contributed by atoms with van der Waals surface area (Å²) in [7, 11) is 0. The van der Waals surface area contributed by atoms with Crippen molar-refractivity contribution in [1.29, 1.82) is 5.26 Å². The second kappa shape index (κ2) is 14.6. The largest absolute Gasteiger partial charge is 0.451 e. The second-order valence-electron chi connectivity index (χ2n) is 8.05. The zero-order valence-corrected chi connectivity index (χ0v) is 22.9. The summed E-state index contributed by atoms with van der Waals surface area (Å²) in [6, 6.07) is 9.14. The van der Waals surface area contributed by atoms with Gasteiger partial charge in [-0.05, 0) is 18.2 Å². The Kier molecular flexibility index (Phi) is 11.2. The summed E-state index contributed by atoms with van der Waals surface area (Å²) in [6.45, 7) is 5.36. The van der Waals surface area contributed by atoms with Gasteiger partial charge in [-0.15, -0.1) is 0 Å². The Morgan fingerprint density at radius 1 is 0.595 bits per heavy atom. The van der Waals surface area contributed by atoms with Gasteiger partial charge in [-0.25, -0.2) is 19.2 Å². The highest BCUT2D eigenvalue weighted by atomic mass is 16.7. The average molecular weight is 592 g/mol. The van der Waals surface area contributed by atoms with E-state index in [9.17, 15) is 24.4 Å². The molecule has 0 aromatic heterocycles. The summed E-state index contributed by atoms with van der Waals surface area (Å²) in [4.78, 5) is 45.2. The Morgan fingerprint density at radius 3 is 1.45 bits per heavy atom. The number of ether oxygens (including phenoxy) is 8. The number of nitrogens with two attached hydrogens (primary N) is 4. The summed E-state index contributed by atoms with van der Waals surface area (Å²) in [5.74, 6) is -0.607. The Bertz CT molecular complexity index is 1360. The molecule has 8 N–H and O–H groups in total. The molecule has 226 valence electrons. The van der Waals surface area contributed by atoms with Gasteiger partial charge in [0, 0.05) is 38.8 Å². The number of amides is 4. The molecule has 0 aliphatic carbocycles. The van der Waals surface area contributed by atoms with Crippen LogP contribution in [-0.4, -0.2) is 49.5 Å². The first-order valence-corrected chi connectivity index (χ1v) is 11.9. The van der Waals surface area contributed by atoms with Crippen LogP contribution in [0, 0.1) is 11.3 Å². The zero-order valence-electron chi connectivity index (χ0n) is 22.9. The van der Waals surface area contributed by atoms with Crippen molar-refractivity contribution in [2.24, 2.45) is 22.9 Å². The van der Waals surface area contributed by atoms with Crippen LogP contribution in [0.3, 0.4) is 0 Å². The Hall–Kier alpha value is -5.79. The van der Waals surface area contributed by atoms with E-state index in [2.05, 4.69) is 0 Å². The highest BCUT2D eigenvalue weighted by Gasteiger charge is 2.27. The molecule has 0 radical (unpaired) electrons. The number of nitrogens with zero attached hydrogens (tertiary/aromatic N) is 1. The number of carbonyl (C=O) groups is 4. The Morgan fingerprint density at radius 2 is 1.00 bits per heavy atom. The molecule has 0 fully saturated rings. The van der Waals surface area contributed by atoms with E-state index in [-0.39, 0.29) is 39.7 Å². The summed E-state index contributed by atoms with van der Waals surface area (Å²) >= 11 is 0. The maximum absolute atomic E-state index is 11.4. The first-order chi connectivity index (χ1) is 19.7. The minimum absolute atomic E-state index is 0.0363. The summed E-state index contributed by atoms with van der Waals surface area (Å²) in [5, 5.41) is 9.77. The van der Waals surface area contributed by atoms with E-state index >= 15 is 0 Å². The number of rotatable bonds is 13. The van der Waals surface area contributed by atoms with E-state index in [1.807, 2.05) is 6.07 Å². The third-order valence-corrected chi connectivity index (χ3v) is 4.77. The molecule has 17 nitrogen and oxygen atoms in total. The first-order valence-electron chi connectivity index (χ1n) is 11.9. The van der Waals surface area contributed by atoms with Crippen LogP contribution in [0.2, 0.25) is 0 Å². The minimum atomic E-state index is -1.34. The maximum Gasteiger partial charge on any atom is 0.407 e. The third-order valence-electron chi connectivity index (χ3n) is 4.77. The van der Waals surface area contributed by atoms with Gasteiger partial charge in [-0.3, -0.25) is 0 Å². The van der Waals surface area contributed by atoms with Gasteiger partial charge in [0.25, 0.3) is 0 Å². The van der Waals surface area contributed by atoms with Crippen LogP contribution in [0.1, 0.15) is 33.3 Å². The first kappa shape index (κ1) is 32.4. The van der Waals surface area contributed by atoms with Crippen molar-refractivity contribution >= 4 is 24.4 Å². The molecule has 2 rings (SSSR count). The normalized spacial score (nSPS) is 13.1. The molecular formula is C25H29N5O12. The fourth-order valence-electron chi connectivity index (χ4n) is 3.47. The van der Waals surface area contributed by atoms with E-state index in [4.69, 9.17) is 60.8 Å². The molecule has 4 amide bonds. The predicted octanol–water partition coefficient (Wildman–Crippen LogP) is 2.51. The van der Waals surface area contributed by atoms with Crippen LogP contribution in [0.15, 0.2) is 30.3 Å². The summed E-state index contributed by atoms with van der Waals surface area (Å²) in [5.41, 5.74) is 20.6. The van der Waals surface area contributed by atoms with E-state index in [1.54, 1.807) is 0 Å². The summed E-state index contributed by atoms with van der Waals surface area (Å²) in [6.07, 6.45) is -9.75. The molecule has 0 saturated carbocycles. The third kappa shape index (κ3) is 9.44. The van der Waals surface area contributed by atoms with Crippen molar-refractivity contribution in [3.8, 4) is 40.2 Å². The lowest BCUT2D eigenvalue weighted by Gasteiger charge is -2.25. The molecule has 0 heterocycles. The number of para-hydroxylation sites is 1. The Labute approximate surface area is 239 Å². The predicted molar refractivity (Wildman–Crippen MR) is 140 cm³/mol. The van der Waals surface area contributed by atoms with Crippen molar-refractivity contribution < 1.29 is 57.1 Å². The average Bonchev–Trinajstić information content (AvgIpc) is 2.84. The van der Waals surface area contributed by atoms with Crippen LogP contribution in [0.5, 0.6) is 23.0 Å². The van der Waals surface area contributed by atoms with Crippen molar-refractivity contribution in [2.45, 2.75) is 52.9 Å². The highest BCUT2D eigenvalue weighted by molar-refractivity contribution is 5.82. The lowest BCUT2D eigenvalue weighted by atomic mass is 10.00. The van der Waals surface area contributed by atoms with Crippen LogP contribution in [0.25, 0.3) is 11.1 Å². The van der Waals surface area contributed by atoms with Gasteiger partial charge in [0.05, 0.1) is 5.56 Å². The molecule has 0 aliphatic heterocycles. The molecule has 2 aromatic carbocycles. The smallest absolute Gasteiger partial charge is 0.407 e. The van der Waals surface area contributed by atoms with E-state index in [0.717, 1.165) is 0 Å². The van der Waals surface area contributed by atoms with Gasteiger partial charge >= 0.3 is 24.4 Å². The lowest BCUT2D eigenvalue weighted by Crippen LogP contribution is -2.27. The van der Waals surface area contributed by atoms with E-state index in [0.29, 0.717) is 0 Å². The van der Waals surface area contributed by atoms with E-state index < -0.39 is 49.5 Å². The lowest BCUT2D eigenvalue weighted by molar-refractivity contribution is -0.0325. The number of nitriles is 1. The number of hydrogen-bond donors (Lipinski definition) is 4. The maximum atomic E-state index is 11.4. The molecule has 2 aromatic rings. The van der Waals surface area contributed by atoms with Gasteiger partial charge in [0.2, 0.25) is 25.2 Å². The van der Waals surface area contributed by atoms with Crippen LogP contribution < -0.4 is 41.9 Å². The fourth-order valence-corrected chi connectivity index (χ4v) is 3.47. The number of carbonyl (C=O) groups excluding carboxylic acids is 4. The van der Waals surface area contributed by atoms with Crippen LogP contribution in [0.4, 0.5) is 19.2 Å². The summed E-state index contributed by atoms with van der Waals surface area (Å²) < 4.78 is 42.4. The standard InChI is InChI=1S/C25H29N5O12/c1-11(39-22(27)31)35-18-7-5-6-16(20(18)37-13(3)41-24(29)33)17-9-8-15(10-26)19(36-12(2)40-23(28)32)21(17)38-14(4)42-25(30)34/h5-9,11-14H,1-4H3,(H2,27,31)(H2,28,32)(H2,29,33)(H2,30,34). The van der Waals surface area contributed by atoms with Gasteiger partial charge in [-0.1, -0.05) is 12.1 Å². The number of hydrogen-bond acceptors (Lipinski definition) is 13. The molecule has 0 aliphatic rings. The van der Waals surface area contributed by atoms with Gasteiger partial charge in [-0.2, -0.15) is 5.26 Å². The molecule has 0 bridgehead atoms. The number of benzene rings is 2. The zero-order chi connectivity index (χ0) is 31.6. The monoisotopic (exact) mass is 591 g/mol. The van der Waals surface area contributed by atoms with Gasteiger partial charge in [0.1, 0.15) is 6.07 Å². The van der Waals surface area contributed by atoms with Crippen LogP contribution >= 0.6 is 0 Å². The molecule has 0 saturated heterocycles. The fraction of sp³-hybridized carbons (Fsp3) is 0.320. The molecule has 42 heavy (non-hydrogen) atoms. The van der Waals surface area contributed by atoms with Gasteiger partial charge < -0.3 is 60.8 Å². The van der Waals surface area contributed by atoms with Crippen molar-refractivity contribution in [2.75, 3.05) is 0 Å². The van der Waals surface area contributed by atoms with Crippen molar-refractivity contribution in [1.82, 2.24) is 0 Å². The van der Waals surface area contributed by atoms with E-state index in [1.165, 1.54) is 58.0 Å². The van der Waals surface area contributed by atoms with Crippen LogP contribution in [-0.2, 0) is 18.9 Å². The quantitative estimate of drug-likeness (QED) is 0.193. The highest BCUT2D eigenvalue weighted by Crippen LogP contribution is 2.47.